The monoisotopic (exact) mass is 210 g/mol. The first-order chi connectivity index (χ1) is 7.08. The van der Waals surface area contributed by atoms with Crippen molar-refractivity contribution in [3.8, 4) is 0 Å². The summed E-state index contributed by atoms with van der Waals surface area (Å²) in [6.07, 6.45) is 9.02. The fourth-order valence-electron chi connectivity index (χ4n) is 3.61. The van der Waals surface area contributed by atoms with Gasteiger partial charge in [-0.1, -0.05) is 19.8 Å². The molecule has 0 heterocycles. The second-order valence-corrected chi connectivity index (χ2v) is 5.94. The Bertz CT molecular complexity index is 243. The maximum atomic E-state index is 11.3. The molecule has 2 nitrogen and oxygen atoms in total. The third-order valence-electron chi connectivity index (χ3n) is 4.36. The van der Waals surface area contributed by atoms with E-state index in [1.807, 2.05) is 0 Å². The zero-order chi connectivity index (χ0) is 10.9. The highest BCUT2D eigenvalue weighted by molar-refractivity contribution is 5.60. The van der Waals surface area contributed by atoms with Crippen LogP contribution in [0.15, 0.2) is 0 Å². The molecule has 1 N–H and O–H groups in total. The molecule has 2 saturated carbocycles. The van der Waals surface area contributed by atoms with Gasteiger partial charge in [0, 0.05) is 5.41 Å². The number of aliphatic hydroxyl groups is 1. The fraction of sp³-hybridized carbons (Fsp3) is 0.923. The van der Waals surface area contributed by atoms with E-state index in [1.54, 1.807) is 0 Å². The van der Waals surface area contributed by atoms with E-state index in [-0.39, 0.29) is 5.41 Å². The molecule has 0 spiro atoms. The van der Waals surface area contributed by atoms with Crippen LogP contribution in [-0.2, 0) is 4.79 Å². The van der Waals surface area contributed by atoms with Gasteiger partial charge >= 0.3 is 0 Å². The van der Waals surface area contributed by atoms with Crippen LogP contribution in [0.2, 0.25) is 0 Å². The van der Waals surface area contributed by atoms with E-state index in [1.165, 1.54) is 0 Å². The standard InChI is InChI=1S/C13H22O2/c1-11-4-7-12(8-11,10-14)9-13(15)5-2-3-6-13/h10-11,15H,2-9H2,1H3. The molecule has 0 amide bonds. The summed E-state index contributed by atoms with van der Waals surface area (Å²) in [4.78, 5) is 11.3. The quantitative estimate of drug-likeness (QED) is 0.727. The summed E-state index contributed by atoms with van der Waals surface area (Å²) >= 11 is 0. The van der Waals surface area contributed by atoms with E-state index in [9.17, 15) is 9.90 Å². The van der Waals surface area contributed by atoms with Crippen LogP contribution in [0, 0.1) is 11.3 Å². The van der Waals surface area contributed by atoms with Crippen molar-refractivity contribution in [2.75, 3.05) is 0 Å². The van der Waals surface area contributed by atoms with Crippen LogP contribution in [0.3, 0.4) is 0 Å². The van der Waals surface area contributed by atoms with Crippen LogP contribution in [0.25, 0.3) is 0 Å². The lowest BCUT2D eigenvalue weighted by Gasteiger charge is -2.32. The van der Waals surface area contributed by atoms with Crippen LogP contribution in [-0.4, -0.2) is 17.0 Å². The van der Waals surface area contributed by atoms with E-state index in [4.69, 9.17) is 0 Å². The number of aldehydes is 1. The first-order valence-electron chi connectivity index (χ1n) is 6.26. The molecule has 2 aliphatic rings. The Balaban J connectivity index is 2.04. The predicted octanol–water partition coefficient (Wildman–Crippen LogP) is 2.69. The van der Waals surface area contributed by atoms with Crippen LogP contribution in [0.1, 0.15) is 58.3 Å². The molecule has 2 atom stereocenters. The van der Waals surface area contributed by atoms with Crippen LogP contribution in [0.5, 0.6) is 0 Å². The molecule has 0 bridgehead atoms. The van der Waals surface area contributed by atoms with Gasteiger partial charge in [0.1, 0.15) is 6.29 Å². The van der Waals surface area contributed by atoms with Gasteiger partial charge in [0.05, 0.1) is 5.60 Å². The largest absolute Gasteiger partial charge is 0.390 e. The van der Waals surface area contributed by atoms with Crippen molar-refractivity contribution in [2.45, 2.75) is 63.9 Å². The Morgan fingerprint density at radius 2 is 2.00 bits per heavy atom. The van der Waals surface area contributed by atoms with Crippen molar-refractivity contribution in [3.05, 3.63) is 0 Å². The Hall–Kier alpha value is -0.370. The Labute approximate surface area is 92.1 Å². The molecule has 2 aliphatic carbocycles. The van der Waals surface area contributed by atoms with Gasteiger partial charge in [-0.3, -0.25) is 0 Å². The number of carbonyl (C=O) groups is 1. The minimum Gasteiger partial charge on any atom is -0.390 e. The minimum atomic E-state index is -0.523. The molecule has 15 heavy (non-hydrogen) atoms. The van der Waals surface area contributed by atoms with Gasteiger partial charge < -0.3 is 9.90 Å². The SMILES string of the molecule is CC1CCC(C=O)(CC2(O)CCCC2)C1. The van der Waals surface area contributed by atoms with Gasteiger partial charge in [-0.05, 0) is 44.4 Å². The highest BCUT2D eigenvalue weighted by Gasteiger charge is 2.44. The summed E-state index contributed by atoms with van der Waals surface area (Å²) in [5.41, 5.74) is -0.719. The van der Waals surface area contributed by atoms with Gasteiger partial charge in [0.15, 0.2) is 0 Å². The molecule has 2 rings (SSSR count). The number of rotatable bonds is 3. The highest BCUT2D eigenvalue weighted by Crippen LogP contribution is 2.48. The molecule has 0 aromatic rings. The van der Waals surface area contributed by atoms with Crippen molar-refractivity contribution in [1.29, 1.82) is 0 Å². The molecule has 2 heteroatoms. The summed E-state index contributed by atoms with van der Waals surface area (Å²) in [6, 6.07) is 0. The zero-order valence-corrected chi connectivity index (χ0v) is 9.67. The second-order valence-electron chi connectivity index (χ2n) is 5.94. The topological polar surface area (TPSA) is 37.3 Å². The summed E-state index contributed by atoms with van der Waals surface area (Å²) in [5, 5.41) is 10.4. The molecular weight excluding hydrogens is 188 g/mol. The molecule has 2 fully saturated rings. The van der Waals surface area contributed by atoms with Crippen molar-refractivity contribution < 1.29 is 9.90 Å². The van der Waals surface area contributed by atoms with Crippen LogP contribution < -0.4 is 0 Å². The van der Waals surface area contributed by atoms with Crippen LogP contribution >= 0.6 is 0 Å². The lowest BCUT2D eigenvalue weighted by atomic mass is 9.76. The molecule has 0 aromatic carbocycles. The average Bonchev–Trinajstić information content (AvgIpc) is 2.75. The lowest BCUT2D eigenvalue weighted by Crippen LogP contribution is -2.34. The fourth-order valence-corrected chi connectivity index (χ4v) is 3.61. The van der Waals surface area contributed by atoms with Gasteiger partial charge in [0.25, 0.3) is 0 Å². The highest BCUT2D eigenvalue weighted by atomic mass is 16.3. The first-order valence-corrected chi connectivity index (χ1v) is 6.26. The van der Waals surface area contributed by atoms with Gasteiger partial charge in [0.2, 0.25) is 0 Å². The smallest absolute Gasteiger partial charge is 0.126 e. The van der Waals surface area contributed by atoms with E-state index in [0.717, 1.165) is 51.2 Å². The second kappa shape index (κ2) is 3.89. The molecule has 2 unspecified atom stereocenters. The molecule has 86 valence electrons. The first kappa shape index (κ1) is 11.1. The van der Waals surface area contributed by atoms with Gasteiger partial charge in [-0.15, -0.1) is 0 Å². The van der Waals surface area contributed by atoms with Crippen LogP contribution in [0.4, 0.5) is 0 Å². The molecule has 0 aromatic heterocycles. The maximum absolute atomic E-state index is 11.3. The number of carbonyl (C=O) groups excluding carboxylic acids is 1. The van der Waals surface area contributed by atoms with Crippen molar-refractivity contribution in [1.82, 2.24) is 0 Å². The van der Waals surface area contributed by atoms with Gasteiger partial charge in [-0.25, -0.2) is 0 Å². The van der Waals surface area contributed by atoms with Gasteiger partial charge in [-0.2, -0.15) is 0 Å². The molecule has 0 saturated heterocycles. The third kappa shape index (κ3) is 2.25. The van der Waals surface area contributed by atoms with Crippen molar-refractivity contribution >= 4 is 6.29 Å². The summed E-state index contributed by atoms with van der Waals surface area (Å²) in [7, 11) is 0. The van der Waals surface area contributed by atoms with Crippen molar-refractivity contribution in [3.63, 3.8) is 0 Å². The van der Waals surface area contributed by atoms with E-state index in [2.05, 4.69) is 6.92 Å². The normalized spacial score (nSPS) is 39.5. The summed E-state index contributed by atoms with van der Waals surface area (Å²) < 4.78 is 0. The Morgan fingerprint density at radius 1 is 1.33 bits per heavy atom. The molecule has 0 aliphatic heterocycles. The number of hydrogen-bond donors (Lipinski definition) is 1. The molecule has 0 radical (unpaired) electrons. The predicted molar refractivity (Wildman–Crippen MR) is 59.5 cm³/mol. The Kier molecular flexibility index (Phi) is 2.89. The zero-order valence-electron chi connectivity index (χ0n) is 9.67. The van der Waals surface area contributed by atoms with E-state index < -0.39 is 5.60 Å². The summed E-state index contributed by atoms with van der Waals surface area (Å²) in [6.45, 7) is 2.21. The average molecular weight is 210 g/mol. The maximum Gasteiger partial charge on any atom is 0.126 e. The Morgan fingerprint density at radius 3 is 2.47 bits per heavy atom. The minimum absolute atomic E-state index is 0.196. The van der Waals surface area contributed by atoms with E-state index >= 15 is 0 Å². The third-order valence-corrected chi connectivity index (χ3v) is 4.36. The van der Waals surface area contributed by atoms with Crippen molar-refractivity contribution in [2.24, 2.45) is 11.3 Å². The summed E-state index contributed by atoms with van der Waals surface area (Å²) in [5.74, 6) is 0.653. The molecular formula is C13H22O2. The van der Waals surface area contributed by atoms with E-state index in [0.29, 0.717) is 12.3 Å². The lowest BCUT2D eigenvalue weighted by molar-refractivity contribution is -0.120. The number of hydrogen-bond acceptors (Lipinski definition) is 2.